The second-order valence-corrected chi connectivity index (χ2v) is 4.87. The lowest BCUT2D eigenvalue weighted by molar-refractivity contribution is -0.123. The highest BCUT2D eigenvalue weighted by atomic mass is 16.5. The second-order valence-electron chi connectivity index (χ2n) is 4.87. The Kier molecular flexibility index (Phi) is 6.01. The highest BCUT2D eigenvalue weighted by Crippen LogP contribution is 2.12. The molecule has 0 aliphatic rings. The molecule has 0 aromatic heterocycles. The molecule has 5 heteroatoms. The van der Waals surface area contributed by atoms with Crippen LogP contribution in [0, 0.1) is 11.3 Å². The molecular weight excluding hydrogens is 292 g/mol. The monoisotopic (exact) mass is 310 g/mol. The van der Waals surface area contributed by atoms with Crippen LogP contribution in [0.1, 0.15) is 11.1 Å². The minimum atomic E-state index is -0.178. The van der Waals surface area contributed by atoms with Crippen LogP contribution in [0.3, 0.4) is 0 Å². The van der Waals surface area contributed by atoms with Crippen LogP contribution in [0.2, 0.25) is 0 Å². The van der Waals surface area contributed by atoms with Crippen molar-refractivity contribution in [3.8, 4) is 17.6 Å². The fourth-order valence-electron chi connectivity index (χ4n) is 1.96. The zero-order chi connectivity index (χ0) is 16.5. The zero-order valence-electron chi connectivity index (χ0n) is 12.9. The average molecular weight is 310 g/mol. The first-order valence-corrected chi connectivity index (χ1v) is 7.24. The molecule has 0 aliphatic carbocycles. The van der Waals surface area contributed by atoms with E-state index < -0.39 is 0 Å². The van der Waals surface area contributed by atoms with Crippen LogP contribution in [-0.2, 0) is 11.2 Å². The third-order valence-corrected chi connectivity index (χ3v) is 3.25. The highest BCUT2D eigenvalue weighted by molar-refractivity contribution is 5.77. The predicted octanol–water partition coefficient (Wildman–Crippen LogP) is 2.30. The van der Waals surface area contributed by atoms with Crippen LogP contribution >= 0.6 is 0 Å². The SMILES string of the molecule is COc1ccc(CCNC(=O)COc2ccc(C#N)cc2)cc1. The third kappa shape index (κ3) is 5.36. The number of carbonyl (C=O) groups excluding carboxylic acids is 1. The number of methoxy groups -OCH3 is 1. The summed E-state index contributed by atoms with van der Waals surface area (Å²) in [4.78, 5) is 11.7. The summed E-state index contributed by atoms with van der Waals surface area (Å²) >= 11 is 0. The van der Waals surface area contributed by atoms with Gasteiger partial charge in [-0.1, -0.05) is 12.1 Å². The Bertz CT molecular complexity index is 673. The first-order chi connectivity index (χ1) is 11.2. The number of nitrogens with one attached hydrogen (secondary N) is 1. The Hall–Kier alpha value is -3.00. The van der Waals surface area contributed by atoms with Crippen molar-refractivity contribution >= 4 is 5.91 Å². The number of nitriles is 1. The van der Waals surface area contributed by atoms with Gasteiger partial charge in [0.2, 0.25) is 0 Å². The van der Waals surface area contributed by atoms with Crippen molar-refractivity contribution in [2.75, 3.05) is 20.3 Å². The first-order valence-electron chi connectivity index (χ1n) is 7.24. The van der Waals surface area contributed by atoms with Gasteiger partial charge in [-0.05, 0) is 48.4 Å². The summed E-state index contributed by atoms with van der Waals surface area (Å²) in [5.41, 5.74) is 1.68. The van der Waals surface area contributed by atoms with Crippen LogP contribution in [0.4, 0.5) is 0 Å². The molecule has 1 N–H and O–H groups in total. The molecular formula is C18H18N2O3. The molecule has 118 valence electrons. The van der Waals surface area contributed by atoms with Crippen LogP contribution in [0.15, 0.2) is 48.5 Å². The Labute approximate surface area is 135 Å². The molecule has 1 amide bonds. The molecule has 0 aliphatic heterocycles. The minimum absolute atomic E-state index is 0.0471. The van der Waals surface area contributed by atoms with Crippen molar-refractivity contribution < 1.29 is 14.3 Å². The first kappa shape index (κ1) is 16.4. The van der Waals surface area contributed by atoms with Gasteiger partial charge in [0.25, 0.3) is 5.91 Å². The fraction of sp³-hybridized carbons (Fsp3) is 0.222. The maximum absolute atomic E-state index is 11.7. The smallest absolute Gasteiger partial charge is 0.257 e. The fourth-order valence-corrected chi connectivity index (χ4v) is 1.96. The average Bonchev–Trinajstić information content (AvgIpc) is 2.61. The number of ether oxygens (including phenoxy) is 2. The Morgan fingerprint density at radius 2 is 1.74 bits per heavy atom. The number of amides is 1. The van der Waals surface area contributed by atoms with Gasteiger partial charge in [-0.2, -0.15) is 5.26 Å². The standard InChI is InChI=1S/C18H18N2O3/c1-22-16-6-2-14(3-7-16)10-11-20-18(21)13-23-17-8-4-15(12-19)5-9-17/h2-9H,10-11,13H2,1H3,(H,20,21). The molecule has 0 radical (unpaired) electrons. The Balaban J connectivity index is 1.69. The van der Waals surface area contributed by atoms with Crippen LogP contribution in [0.25, 0.3) is 0 Å². The Morgan fingerprint density at radius 1 is 1.09 bits per heavy atom. The number of rotatable bonds is 7. The molecule has 5 nitrogen and oxygen atoms in total. The van der Waals surface area contributed by atoms with E-state index in [-0.39, 0.29) is 12.5 Å². The third-order valence-electron chi connectivity index (χ3n) is 3.25. The van der Waals surface area contributed by atoms with Gasteiger partial charge in [-0.3, -0.25) is 4.79 Å². The van der Waals surface area contributed by atoms with E-state index >= 15 is 0 Å². The summed E-state index contributed by atoms with van der Waals surface area (Å²) in [7, 11) is 1.63. The van der Waals surface area contributed by atoms with Gasteiger partial charge >= 0.3 is 0 Å². The molecule has 2 aromatic rings. The maximum atomic E-state index is 11.7. The molecule has 0 unspecified atom stereocenters. The lowest BCUT2D eigenvalue weighted by Crippen LogP contribution is -2.30. The van der Waals surface area contributed by atoms with Gasteiger partial charge in [0, 0.05) is 6.54 Å². The van der Waals surface area contributed by atoms with E-state index in [2.05, 4.69) is 5.32 Å². The Morgan fingerprint density at radius 3 is 2.35 bits per heavy atom. The molecule has 2 rings (SSSR count). The summed E-state index contributed by atoms with van der Waals surface area (Å²) in [6, 6.07) is 16.4. The van der Waals surface area contributed by atoms with Crippen molar-refractivity contribution in [1.29, 1.82) is 5.26 Å². The summed E-state index contributed by atoms with van der Waals surface area (Å²) in [5.74, 6) is 1.20. The molecule has 0 heterocycles. The zero-order valence-corrected chi connectivity index (χ0v) is 12.9. The molecule has 0 atom stereocenters. The number of nitrogens with zero attached hydrogens (tertiary/aromatic N) is 1. The van der Waals surface area contributed by atoms with Crippen LogP contribution in [-0.4, -0.2) is 26.2 Å². The van der Waals surface area contributed by atoms with E-state index in [1.54, 1.807) is 31.4 Å². The van der Waals surface area contributed by atoms with E-state index in [0.717, 1.165) is 17.7 Å². The number of hydrogen-bond donors (Lipinski definition) is 1. The van der Waals surface area contributed by atoms with Gasteiger partial charge in [-0.15, -0.1) is 0 Å². The van der Waals surface area contributed by atoms with Gasteiger partial charge in [0.15, 0.2) is 6.61 Å². The van der Waals surface area contributed by atoms with Crippen molar-refractivity contribution in [2.24, 2.45) is 0 Å². The van der Waals surface area contributed by atoms with E-state index in [1.807, 2.05) is 30.3 Å². The number of hydrogen-bond acceptors (Lipinski definition) is 4. The molecule has 0 saturated heterocycles. The lowest BCUT2D eigenvalue weighted by Gasteiger charge is -2.08. The number of carbonyl (C=O) groups is 1. The highest BCUT2D eigenvalue weighted by Gasteiger charge is 2.03. The summed E-state index contributed by atoms with van der Waals surface area (Å²) in [6.45, 7) is 0.496. The maximum Gasteiger partial charge on any atom is 0.257 e. The molecule has 2 aromatic carbocycles. The number of benzene rings is 2. The van der Waals surface area contributed by atoms with E-state index in [0.29, 0.717) is 17.9 Å². The molecule has 23 heavy (non-hydrogen) atoms. The van der Waals surface area contributed by atoms with Crippen molar-refractivity contribution in [3.63, 3.8) is 0 Å². The van der Waals surface area contributed by atoms with Crippen molar-refractivity contribution in [1.82, 2.24) is 5.32 Å². The van der Waals surface area contributed by atoms with Gasteiger partial charge in [0.1, 0.15) is 11.5 Å². The van der Waals surface area contributed by atoms with E-state index in [4.69, 9.17) is 14.7 Å². The van der Waals surface area contributed by atoms with Crippen molar-refractivity contribution in [3.05, 3.63) is 59.7 Å². The van der Waals surface area contributed by atoms with Crippen LogP contribution in [0.5, 0.6) is 11.5 Å². The van der Waals surface area contributed by atoms with Crippen LogP contribution < -0.4 is 14.8 Å². The molecule has 0 saturated carbocycles. The largest absolute Gasteiger partial charge is 0.497 e. The summed E-state index contributed by atoms with van der Waals surface area (Å²) in [5, 5.41) is 11.5. The van der Waals surface area contributed by atoms with E-state index in [9.17, 15) is 4.79 Å². The quantitative estimate of drug-likeness (QED) is 0.852. The molecule has 0 spiro atoms. The van der Waals surface area contributed by atoms with Gasteiger partial charge < -0.3 is 14.8 Å². The summed E-state index contributed by atoms with van der Waals surface area (Å²) in [6.07, 6.45) is 0.743. The predicted molar refractivity (Wildman–Crippen MR) is 86.4 cm³/mol. The topological polar surface area (TPSA) is 71.3 Å². The van der Waals surface area contributed by atoms with Gasteiger partial charge in [0.05, 0.1) is 18.7 Å². The normalized spacial score (nSPS) is 9.74. The molecule has 0 fully saturated rings. The minimum Gasteiger partial charge on any atom is -0.497 e. The van der Waals surface area contributed by atoms with Gasteiger partial charge in [-0.25, -0.2) is 0 Å². The lowest BCUT2D eigenvalue weighted by atomic mass is 10.1. The molecule has 0 bridgehead atoms. The van der Waals surface area contributed by atoms with Crippen molar-refractivity contribution in [2.45, 2.75) is 6.42 Å². The second kappa shape index (κ2) is 8.44. The summed E-state index contributed by atoms with van der Waals surface area (Å²) < 4.78 is 10.5. The van der Waals surface area contributed by atoms with E-state index in [1.165, 1.54) is 0 Å².